The molecule has 1 atom stereocenters. The molecule has 0 bridgehead atoms. The van der Waals surface area contributed by atoms with Crippen molar-refractivity contribution in [3.05, 3.63) is 69.9 Å². The molecule has 0 aromatic heterocycles. The van der Waals surface area contributed by atoms with Gasteiger partial charge in [0, 0.05) is 16.8 Å². The maximum absolute atomic E-state index is 13.1. The van der Waals surface area contributed by atoms with E-state index in [9.17, 15) is 9.18 Å². The molecule has 0 fully saturated rings. The number of rotatable bonds is 5. The van der Waals surface area contributed by atoms with Gasteiger partial charge in [0.05, 0.1) is 0 Å². The Kier molecular flexibility index (Phi) is 5.07. The van der Waals surface area contributed by atoms with Gasteiger partial charge in [0.1, 0.15) is 11.6 Å². The third-order valence-corrected chi connectivity index (χ3v) is 4.12. The van der Waals surface area contributed by atoms with E-state index in [2.05, 4.69) is 15.9 Å². The lowest BCUT2D eigenvalue weighted by Gasteiger charge is -2.14. The average Bonchev–Trinajstić information content (AvgIpc) is 2.44. The van der Waals surface area contributed by atoms with Crippen LogP contribution in [0.4, 0.5) is 4.39 Å². The van der Waals surface area contributed by atoms with E-state index in [0.717, 1.165) is 17.5 Å². The lowest BCUT2D eigenvalue weighted by Crippen LogP contribution is -2.14. The summed E-state index contributed by atoms with van der Waals surface area (Å²) >= 11 is 3.31. The SMILES string of the molecule is CCC(C(=O)Cc1ccc(F)cc1Br)c1ccccc1. The smallest absolute Gasteiger partial charge is 0.144 e. The highest BCUT2D eigenvalue weighted by molar-refractivity contribution is 9.10. The predicted octanol–water partition coefficient (Wildman–Crippen LogP) is 4.89. The molecule has 1 unspecified atom stereocenters. The van der Waals surface area contributed by atoms with Crippen molar-refractivity contribution in [3.63, 3.8) is 0 Å². The Balaban J connectivity index is 2.18. The summed E-state index contributed by atoms with van der Waals surface area (Å²) in [7, 11) is 0. The largest absolute Gasteiger partial charge is 0.299 e. The minimum atomic E-state index is -0.303. The van der Waals surface area contributed by atoms with E-state index in [4.69, 9.17) is 0 Å². The number of hydrogen-bond donors (Lipinski definition) is 0. The van der Waals surface area contributed by atoms with Gasteiger partial charge in [-0.15, -0.1) is 0 Å². The molecule has 1 nitrogen and oxygen atoms in total. The van der Waals surface area contributed by atoms with Crippen LogP contribution in [0.3, 0.4) is 0 Å². The Morgan fingerprint density at radius 2 is 1.90 bits per heavy atom. The second-order valence-electron chi connectivity index (χ2n) is 4.75. The van der Waals surface area contributed by atoms with Crippen molar-refractivity contribution in [1.29, 1.82) is 0 Å². The lowest BCUT2D eigenvalue weighted by atomic mass is 9.89. The highest BCUT2D eigenvalue weighted by Crippen LogP contribution is 2.25. The van der Waals surface area contributed by atoms with Crippen molar-refractivity contribution in [2.24, 2.45) is 0 Å². The number of carbonyl (C=O) groups is 1. The Labute approximate surface area is 127 Å². The van der Waals surface area contributed by atoms with Crippen LogP contribution >= 0.6 is 15.9 Å². The van der Waals surface area contributed by atoms with Crippen molar-refractivity contribution >= 4 is 21.7 Å². The number of hydrogen-bond acceptors (Lipinski definition) is 1. The first-order valence-electron chi connectivity index (χ1n) is 6.63. The van der Waals surface area contributed by atoms with E-state index >= 15 is 0 Å². The molecule has 0 amide bonds. The van der Waals surface area contributed by atoms with Crippen molar-refractivity contribution in [2.45, 2.75) is 25.7 Å². The third-order valence-electron chi connectivity index (χ3n) is 3.38. The average molecular weight is 335 g/mol. The number of benzene rings is 2. The van der Waals surface area contributed by atoms with Gasteiger partial charge in [-0.1, -0.05) is 59.3 Å². The summed E-state index contributed by atoms with van der Waals surface area (Å²) in [6, 6.07) is 14.2. The minimum absolute atomic E-state index is 0.104. The normalized spacial score (nSPS) is 12.2. The van der Waals surface area contributed by atoms with E-state index < -0.39 is 0 Å². The Hall–Kier alpha value is -1.48. The molecule has 0 N–H and O–H groups in total. The van der Waals surface area contributed by atoms with Crippen LogP contribution in [-0.2, 0) is 11.2 Å². The lowest BCUT2D eigenvalue weighted by molar-refractivity contribution is -0.119. The fourth-order valence-electron chi connectivity index (χ4n) is 2.31. The van der Waals surface area contributed by atoms with Crippen LogP contribution in [0.5, 0.6) is 0 Å². The molecule has 2 aromatic rings. The summed E-state index contributed by atoms with van der Waals surface area (Å²) in [5.41, 5.74) is 1.86. The number of halogens is 2. The molecule has 0 aliphatic carbocycles. The zero-order chi connectivity index (χ0) is 14.5. The summed E-state index contributed by atoms with van der Waals surface area (Å²) in [4.78, 5) is 12.5. The summed E-state index contributed by atoms with van der Waals surface area (Å²) in [6.07, 6.45) is 1.08. The fourth-order valence-corrected chi connectivity index (χ4v) is 2.80. The van der Waals surface area contributed by atoms with Gasteiger partial charge in [-0.05, 0) is 29.7 Å². The minimum Gasteiger partial charge on any atom is -0.299 e. The van der Waals surface area contributed by atoms with Gasteiger partial charge in [-0.25, -0.2) is 4.39 Å². The number of Topliss-reactive ketones (excluding diaryl/α,β-unsaturated/α-hetero) is 1. The summed E-state index contributed by atoms with van der Waals surface area (Å²) in [5.74, 6) is -0.248. The van der Waals surface area contributed by atoms with Gasteiger partial charge in [-0.3, -0.25) is 4.79 Å². The Bertz CT molecular complexity index is 595. The predicted molar refractivity (Wildman–Crippen MR) is 82.3 cm³/mol. The van der Waals surface area contributed by atoms with Gasteiger partial charge in [0.25, 0.3) is 0 Å². The van der Waals surface area contributed by atoms with E-state index in [-0.39, 0.29) is 17.5 Å². The van der Waals surface area contributed by atoms with Crippen molar-refractivity contribution in [2.75, 3.05) is 0 Å². The van der Waals surface area contributed by atoms with Crippen LogP contribution in [0.15, 0.2) is 53.0 Å². The van der Waals surface area contributed by atoms with Crippen LogP contribution in [-0.4, -0.2) is 5.78 Å². The van der Waals surface area contributed by atoms with E-state index in [1.807, 2.05) is 37.3 Å². The summed E-state index contributed by atoms with van der Waals surface area (Å²) in [5, 5.41) is 0. The van der Waals surface area contributed by atoms with E-state index in [0.29, 0.717) is 10.9 Å². The van der Waals surface area contributed by atoms with Crippen LogP contribution < -0.4 is 0 Å². The molecule has 20 heavy (non-hydrogen) atoms. The summed E-state index contributed by atoms with van der Waals surface area (Å²) in [6.45, 7) is 2.01. The van der Waals surface area contributed by atoms with Gasteiger partial charge in [0.15, 0.2) is 0 Å². The first-order valence-corrected chi connectivity index (χ1v) is 7.42. The molecule has 0 saturated carbocycles. The van der Waals surface area contributed by atoms with Gasteiger partial charge in [0.2, 0.25) is 0 Å². The molecule has 2 rings (SSSR count). The Morgan fingerprint density at radius 3 is 2.50 bits per heavy atom. The Morgan fingerprint density at radius 1 is 1.20 bits per heavy atom. The molecule has 2 aromatic carbocycles. The maximum Gasteiger partial charge on any atom is 0.144 e. The molecule has 0 heterocycles. The first-order chi connectivity index (χ1) is 9.61. The molecule has 0 aliphatic rings. The zero-order valence-corrected chi connectivity index (χ0v) is 12.9. The van der Waals surface area contributed by atoms with Gasteiger partial charge < -0.3 is 0 Å². The number of ketones is 1. The third kappa shape index (κ3) is 3.54. The van der Waals surface area contributed by atoms with Crippen LogP contribution in [0.1, 0.15) is 30.4 Å². The molecule has 0 aliphatic heterocycles. The zero-order valence-electron chi connectivity index (χ0n) is 11.3. The molecular weight excluding hydrogens is 319 g/mol. The van der Waals surface area contributed by atoms with Crippen LogP contribution in [0.2, 0.25) is 0 Å². The van der Waals surface area contributed by atoms with E-state index in [1.165, 1.54) is 12.1 Å². The monoisotopic (exact) mass is 334 g/mol. The van der Waals surface area contributed by atoms with Crippen LogP contribution in [0.25, 0.3) is 0 Å². The molecule has 0 spiro atoms. The second kappa shape index (κ2) is 6.80. The van der Waals surface area contributed by atoms with Gasteiger partial charge >= 0.3 is 0 Å². The molecule has 104 valence electrons. The quantitative estimate of drug-likeness (QED) is 0.760. The molecular formula is C17H16BrFO. The highest BCUT2D eigenvalue weighted by atomic mass is 79.9. The highest BCUT2D eigenvalue weighted by Gasteiger charge is 2.19. The topological polar surface area (TPSA) is 17.1 Å². The fraction of sp³-hybridized carbons (Fsp3) is 0.235. The van der Waals surface area contributed by atoms with Crippen molar-refractivity contribution in [1.82, 2.24) is 0 Å². The van der Waals surface area contributed by atoms with Crippen LogP contribution in [0, 0.1) is 5.82 Å². The molecule has 0 radical (unpaired) electrons. The molecule has 0 saturated heterocycles. The number of carbonyl (C=O) groups excluding carboxylic acids is 1. The second-order valence-corrected chi connectivity index (χ2v) is 5.60. The maximum atomic E-state index is 13.1. The standard InChI is InChI=1S/C17H16BrFO/c1-2-15(12-6-4-3-5-7-12)17(20)10-13-8-9-14(19)11-16(13)18/h3-9,11,15H,2,10H2,1H3. The van der Waals surface area contributed by atoms with Gasteiger partial charge in [-0.2, -0.15) is 0 Å². The molecule has 3 heteroatoms. The summed E-state index contributed by atoms with van der Waals surface area (Å²) < 4.78 is 13.7. The van der Waals surface area contributed by atoms with E-state index in [1.54, 1.807) is 6.07 Å². The van der Waals surface area contributed by atoms with Crippen molar-refractivity contribution in [3.8, 4) is 0 Å². The first kappa shape index (κ1) is 14.9. The van der Waals surface area contributed by atoms with Crippen molar-refractivity contribution < 1.29 is 9.18 Å².